The molecule has 0 aromatic carbocycles. The molecule has 0 spiro atoms. The zero-order valence-electron chi connectivity index (χ0n) is 19.0. The van der Waals surface area contributed by atoms with Crippen molar-refractivity contribution < 1.29 is 15.0 Å². The number of nitrogens with one attached hydrogen (secondary N) is 2. The van der Waals surface area contributed by atoms with Gasteiger partial charge in [-0.3, -0.25) is 14.3 Å². The van der Waals surface area contributed by atoms with Crippen LogP contribution in [0.1, 0.15) is 44.5 Å². The van der Waals surface area contributed by atoms with Crippen molar-refractivity contribution >= 4 is 22.9 Å². The molecule has 1 amide bonds. The van der Waals surface area contributed by atoms with Crippen molar-refractivity contribution in [1.82, 2.24) is 29.8 Å². The van der Waals surface area contributed by atoms with Gasteiger partial charge in [-0.25, -0.2) is 15.0 Å². The number of imidazole rings is 1. The molecule has 1 unspecified atom stereocenters. The average Bonchev–Trinajstić information content (AvgIpc) is 3.35. The van der Waals surface area contributed by atoms with Crippen LogP contribution in [0.5, 0.6) is 0 Å². The van der Waals surface area contributed by atoms with Crippen molar-refractivity contribution in [1.29, 1.82) is 0 Å². The number of anilines is 1. The third-order valence-electron chi connectivity index (χ3n) is 6.89. The van der Waals surface area contributed by atoms with E-state index < -0.39 is 16.7 Å². The number of pyridine rings is 1. The maximum Gasteiger partial charge on any atom is 0.229 e. The molecule has 0 radical (unpaired) electrons. The molecule has 3 aromatic rings. The van der Waals surface area contributed by atoms with E-state index in [0.717, 1.165) is 0 Å². The number of carbonyl (C=O) groups is 1. The van der Waals surface area contributed by atoms with E-state index in [-0.39, 0.29) is 18.2 Å². The standard InChI is InChI=1S/C23H27N7O3/c1-5-22(20(31)25-4)10-11-23(33,21(22,2)32)30-14-27-17-18(24-3)28-16(29-19(17)30)9-8-15-7-6-12-26-13-15/h6-7,12-14,32-33H,5,10-11H2,1-4H3,(H,25,31)(H,24,28,29)/t21-,22?,23-/m0/s1. The number of fused-ring (bicyclic) bond motifs is 1. The number of aliphatic hydroxyl groups is 2. The molecule has 0 bridgehead atoms. The van der Waals surface area contributed by atoms with Gasteiger partial charge in [0.15, 0.2) is 22.7 Å². The van der Waals surface area contributed by atoms with Gasteiger partial charge in [0.05, 0.1) is 11.7 Å². The van der Waals surface area contributed by atoms with Crippen LogP contribution >= 0.6 is 0 Å². The number of rotatable bonds is 4. The first-order valence-corrected chi connectivity index (χ1v) is 10.8. The van der Waals surface area contributed by atoms with E-state index in [1.165, 1.54) is 24.9 Å². The number of hydrogen-bond donors (Lipinski definition) is 4. The van der Waals surface area contributed by atoms with Gasteiger partial charge in [0.1, 0.15) is 5.60 Å². The molecule has 0 aliphatic heterocycles. The third kappa shape index (κ3) is 3.23. The molecule has 1 aliphatic carbocycles. The highest BCUT2D eigenvalue weighted by Gasteiger charge is 2.68. The normalized spacial score (nSPS) is 26.6. The number of carbonyl (C=O) groups excluding carboxylic acids is 1. The van der Waals surface area contributed by atoms with Crippen molar-refractivity contribution in [2.75, 3.05) is 19.4 Å². The Morgan fingerprint density at radius 2 is 2.03 bits per heavy atom. The van der Waals surface area contributed by atoms with Gasteiger partial charge in [0.25, 0.3) is 0 Å². The molecule has 3 atom stereocenters. The molecule has 172 valence electrons. The van der Waals surface area contributed by atoms with Crippen LogP contribution in [0.3, 0.4) is 0 Å². The predicted octanol–water partition coefficient (Wildman–Crippen LogP) is 0.995. The zero-order chi connectivity index (χ0) is 23.9. The third-order valence-corrected chi connectivity index (χ3v) is 6.89. The summed E-state index contributed by atoms with van der Waals surface area (Å²) in [6.45, 7) is 3.32. The summed E-state index contributed by atoms with van der Waals surface area (Å²) >= 11 is 0. The van der Waals surface area contributed by atoms with Gasteiger partial charge in [0.2, 0.25) is 11.7 Å². The Bertz CT molecular complexity index is 1260. The summed E-state index contributed by atoms with van der Waals surface area (Å²) in [4.78, 5) is 30.2. The lowest BCUT2D eigenvalue weighted by Gasteiger charge is -2.44. The van der Waals surface area contributed by atoms with Crippen LogP contribution in [0.15, 0.2) is 30.9 Å². The Hall–Kier alpha value is -3.55. The fourth-order valence-electron chi connectivity index (χ4n) is 4.83. The summed E-state index contributed by atoms with van der Waals surface area (Å²) in [5.41, 5.74) is -3.36. The highest BCUT2D eigenvalue weighted by Crippen LogP contribution is 2.57. The first-order valence-electron chi connectivity index (χ1n) is 10.8. The lowest BCUT2D eigenvalue weighted by molar-refractivity contribution is -0.211. The SMILES string of the molecule is CCC1(C(=O)NC)CC[C@@](O)(n2cnc3c(NC)nc(C#Cc4cccnc4)nc32)[C@@]1(C)O. The van der Waals surface area contributed by atoms with Gasteiger partial charge >= 0.3 is 0 Å². The van der Waals surface area contributed by atoms with Gasteiger partial charge in [-0.15, -0.1) is 0 Å². The van der Waals surface area contributed by atoms with Gasteiger partial charge in [-0.2, -0.15) is 0 Å². The summed E-state index contributed by atoms with van der Waals surface area (Å²) in [6.07, 6.45) is 5.51. The van der Waals surface area contributed by atoms with Crippen molar-refractivity contribution in [3.05, 3.63) is 42.2 Å². The summed E-state index contributed by atoms with van der Waals surface area (Å²) < 4.78 is 1.43. The topological polar surface area (TPSA) is 138 Å². The minimum Gasteiger partial charge on any atom is -0.384 e. The van der Waals surface area contributed by atoms with E-state index in [1.54, 1.807) is 25.5 Å². The number of amides is 1. The summed E-state index contributed by atoms with van der Waals surface area (Å²) in [6, 6.07) is 3.61. The van der Waals surface area contributed by atoms with Crippen LogP contribution in [-0.4, -0.2) is 60.3 Å². The van der Waals surface area contributed by atoms with Crippen LogP contribution in [-0.2, 0) is 10.5 Å². The summed E-state index contributed by atoms with van der Waals surface area (Å²) in [5, 5.41) is 29.1. The van der Waals surface area contributed by atoms with E-state index in [9.17, 15) is 15.0 Å². The number of aromatic nitrogens is 5. The minimum atomic E-state index is -1.82. The lowest BCUT2D eigenvalue weighted by Crippen LogP contribution is -2.61. The van der Waals surface area contributed by atoms with Gasteiger partial charge in [-0.05, 0) is 44.2 Å². The van der Waals surface area contributed by atoms with Crippen molar-refractivity contribution in [3.63, 3.8) is 0 Å². The van der Waals surface area contributed by atoms with E-state index in [0.29, 0.717) is 35.4 Å². The van der Waals surface area contributed by atoms with Crippen LogP contribution in [0.2, 0.25) is 0 Å². The van der Waals surface area contributed by atoms with Gasteiger partial charge in [-0.1, -0.05) is 12.8 Å². The molecule has 10 nitrogen and oxygen atoms in total. The molecule has 1 saturated carbocycles. The smallest absolute Gasteiger partial charge is 0.229 e. The van der Waals surface area contributed by atoms with E-state index in [1.807, 2.05) is 13.0 Å². The Morgan fingerprint density at radius 1 is 1.24 bits per heavy atom. The molecule has 10 heteroatoms. The molecule has 3 heterocycles. The first kappa shape index (κ1) is 22.6. The molecule has 3 aromatic heterocycles. The molecule has 4 N–H and O–H groups in total. The maximum absolute atomic E-state index is 12.8. The Balaban J connectivity index is 1.87. The van der Waals surface area contributed by atoms with Crippen molar-refractivity contribution in [2.45, 2.75) is 44.4 Å². The lowest BCUT2D eigenvalue weighted by atomic mass is 9.70. The maximum atomic E-state index is 12.8. The number of hydrogen-bond acceptors (Lipinski definition) is 8. The fraction of sp³-hybridized carbons (Fsp3) is 0.435. The fourth-order valence-corrected chi connectivity index (χ4v) is 4.83. The molecule has 4 rings (SSSR count). The first-order chi connectivity index (χ1) is 15.7. The van der Waals surface area contributed by atoms with Crippen LogP contribution in [0.4, 0.5) is 5.82 Å². The van der Waals surface area contributed by atoms with Crippen molar-refractivity contribution in [2.24, 2.45) is 5.41 Å². The van der Waals surface area contributed by atoms with Crippen LogP contribution in [0.25, 0.3) is 11.2 Å². The van der Waals surface area contributed by atoms with Crippen LogP contribution in [0, 0.1) is 17.3 Å². The van der Waals surface area contributed by atoms with E-state index >= 15 is 0 Å². The van der Waals surface area contributed by atoms with E-state index in [2.05, 4.69) is 42.4 Å². The quantitative estimate of drug-likeness (QED) is 0.433. The predicted molar refractivity (Wildman–Crippen MR) is 122 cm³/mol. The largest absolute Gasteiger partial charge is 0.384 e. The molecular weight excluding hydrogens is 422 g/mol. The number of nitrogens with zero attached hydrogens (tertiary/aromatic N) is 5. The highest BCUT2D eigenvalue weighted by atomic mass is 16.4. The van der Waals surface area contributed by atoms with Crippen LogP contribution < -0.4 is 10.6 Å². The Kier molecular flexibility index (Phi) is 5.56. The minimum absolute atomic E-state index is 0.141. The summed E-state index contributed by atoms with van der Waals surface area (Å²) in [5.74, 6) is 6.22. The Morgan fingerprint density at radius 3 is 2.67 bits per heavy atom. The second-order valence-corrected chi connectivity index (χ2v) is 8.33. The molecule has 33 heavy (non-hydrogen) atoms. The zero-order valence-corrected chi connectivity index (χ0v) is 19.0. The highest BCUT2D eigenvalue weighted by molar-refractivity contribution is 5.85. The van der Waals surface area contributed by atoms with Crippen molar-refractivity contribution in [3.8, 4) is 11.8 Å². The molecular formula is C23H27N7O3. The average molecular weight is 450 g/mol. The monoisotopic (exact) mass is 449 g/mol. The summed E-state index contributed by atoms with van der Waals surface area (Å²) in [7, 11) is 3.23. The molecule has 1 aliphatic rings. The van der Waals surface area contributed by atoms with Gasteiger partial charge < -0.3 is 20.8 Å². The Labute approximate surface area is 191 Å². The second-order valence-electron chi connectivity index (χ2n) is 8.33. The van der Waals surface area contributed by atoms with E-state index in [4.69, 9.17) is 0 Å². The molecule has 1 fully saturated rings. The molecule has 0 saturated heterocycles. The van der Waals surface area contributed by atoms with Gasteiger partial charge in [0, 0.05) is 32.1 Å². The second kappa shape index (κ2) is 8.10.